The van der Waals surface area contributed by atoms with Crippen LogP contribution in [0.4, 0.5) is 18.9 Å². The van der Waals surface area contributed by atoms with Crippen molar-refractivity contribution in [3.8, 4) is 11.8 Å². The fourth-order valence-electron chi connectivity index (χ4n) is 4.40. The lowest BCUT2D eigenvalue weighted by Gasteiger charge is -2.33. The van der Waals surface area contributed by atoms with Crippen LogP contribution in [0.25, 0.3) is 0 Å². The maximum absolute atomic E-state index is 14.0. The number of amides is 1. The second-order valence-electron chi connectivity index (χ2n) is 9.78. The number of benzene rings is 2. The standard InChI is InChI=1S/C31H32F3N5O/c1-5-28(39-23(3)7-6-14-35-39)13-11-24-19-25(9-8-22(24)2)30(40)36-27-12-10-26(29(20-27)31(32,33)34)21-38-17-15-37(4)16-18-38/h5-10,12,14,19-20H,3,15-18,21H2,1-2,4H3,(H,36,40)/b28-5-. The zero-order chi connectivity index (χ0) is 28.9. The number of nitrogens with one attached hydrogen (secondary N) is 1. The van der Waals surface area contributed by atoms with Gasteiger partial charge in [-0.1, -0.05) is 30.7 Å². The van der Waals surface area contributed by atoms with Gasteiger partial charge in [0.05, 0.1) is 11.3 Å². The molecule has 6 nitrogen and oxygen atoms in total. The zero-order valence-electron chi connectivity index (χ0n) is 22.8. The molecule has 0 saturated carbocycles. The van der Waals surface area contributed by atoms with Gasteiger partial charge in [0, 0.05) is 55.8 Å². The summed E-state index contributed by atoms with van der Waals surface area (Å²) in [7, 11) is 2.00. The van der Waals surface area contributed by atoms with E-state index in [9.17, 15) is 18.0 Å². The Balaban J connectivity index is 1.52. The fraction of sp³-hybridized carbons (Fsp3) is 0.290. The van der Waals surface area contributed by atoms with Gasteiger partial charge in [-0.3, -0.25) is 9.69 Å². The number of hydrazone groups is 1. The van der Waals surface area contributed by atoms with Crippen molar-refractivity contribution in [1.82, 2.24) is 14.8 Å². The monoisotopic (exact) mass is 547 g/mol. The molecule has 1 N–H and O–H groups in total. The molecule has 4 rings (SSSR count). The van der Waals surface area contributed by atoms with Crippen LogP contribution in [0.1, 0.15) is 39.5 Å². The third-order valence-electron chi connectivity index (χ3n) is 6.82. The molecular weight excluding hydrogens is 515 g/mol. The number of halogens is 3. The van der Waals surface area contributed by atoms with E-state index in [2.05, 4.69) is 33.7 Å². The average molecular weight is 548 g/mol. The van der Waals surface area contributed by atoms with Crippen molar-refractivity contribution in [2.24, 2.45) is 5.10 Å². The van der Waals surface area contributed by atoms with Crippen LogP contribution >= 0.6 is 0 Å². The summed E-state index contributed by atoms with van der Waals surface area (Å²) in [4.78, 5) is 17.2. The largest absolute Gasteiger partial charge is 0.416 e. The zero-order valence-corrected chi connectivity index (χ0v) is 22.8. The second kappa shape index (κ2) is 12.4. The number of likely N-dealkylation sites (N-methyl/N-ethyl adjacent to an activating group) is 1. The van der Waals surface area contributed by atoms with Gasteiger partial charge in [-0.2, -0.15) is 18.3 Å². The summed E-state index contributed by atoms with van der Waals surface area (Å²) in [6, 6.07) is 9.00. The van der Waals surface area contributed by atoms with Crippen LogP contribution < -0.4 is 5.32 Å². The van der Waals surface area contributed by atoms with Crippen LogP contribution in [-0.2, 0) is 12.7 Å². The molecule has 1 amide bonds. The molecule has 0 atom stereocenters. The van der Waals surface area contributed by atoms with Gasteiger partial charge in [0.25, 0.3) is 5.91 Å². The lowest BCUT2D eigenvalue weighted by Crippen LogP contribution is -2.44. The first-order chi connectivity index (χ1) is 19.0. The van der Waals surface area contributed by atoms with Gasteiger partial charge < -0.3 is 10.2 Å². The fourth-order valence-corrected chi connectivity index (χ4v) is 4.40. The Morgan fingerprint density at radius 3 is 2.58 bits per heavy atom. The molecule has 0 spiro atoms. The van der Waals surface area contributed by atoms with Crippen LogP contribution in [0.5, 0.6) is 0 Å². The van der Waals surface area contributed by atoms with E-state index in [1.807, 2.05) is 37.9 Å². The van der Waals surface area contributed by atoms with Gasteiger partial charge in [0.2, 0.25) is 0 Å². The molecule has 0 aliphatic carbocycles. The Morgan fingerprint density at radius 2 is 1.90 bits per heavy atom. The predicted octanol–water partition coefficient (Wildman–Crippen LogP) is 5.64. The molecule has 0 unspecified atom stereocenters. The van der Waals surface area contributed by atoms with Crippen molar-refractivity contribution < 1.29 is 18.0 Å². The topological polar surface area (TPSA) is 51.2 Å². The lowest BCUT2D eigenvalue weighted by atomic mass is 10.0. The van der Waals surface area contributed by atoms with Crippen LogP contribution in [0.2, 0.25) is 0 Å². The number of carbonyl (C=O) groups is 1. The SMILES string of the molecule is C=C1C=CC=NN1/C(C#Cc1cc(C(=O)Nc2ccc(CN3CCN(C)CC3)c(C(F)(F)F)c2)ccc1C)=C\C. The summed E-state index contributed by atoms with van der Waals surface area (Å²) < 4.78 is 41.9. The average Bonchev–Trinajstić information content (AvgIpc) is 2.92. The van der Waals surface area contributed by atoms with E-state index in [-0.39, 0.29) is 23.4 Å². The molecule has 2 aliphatic rings. The number of piperazine rings is 1. The number of nitrogens with zero attached hydrogens (tertiary/aromatic N) is 4. The second-order valence-corrected chi connectivity index (χ2v) is 9.78. The maximum Gasteiger partial charge on any atom is 0.416 e. The molecule has 2 aromatic rings. The van der Waals surface area contributed by atoms with Gasteiger partial charge in [-0.25, -0.2) is 5.01 Å². The Labute approximate surface area is 233 Å². The van der Waals surface area contributed by atoms with Crippen molar-refractivity contribution in [3.05, 3.63) is 100 Å². The summed E-state index contributed by atoms with van der Waals surface area (Å²) in [5.41, 5.74) is 2.59. The minimum Gasteiger partial charge on any atom is -0.322 e. The number of allylic oxidation sites excluding steroid dienone is 4. The number of hydrogen-bond acceptors (Lipinski definition) is 5. The Hall–Kier alpha value is -4.13. The van der Waals surface area contributed by atoms with Crippen molar-refractivity contribution in [1.29, 1.82) is 0 Å². The first kappa shape index (κ1) is 28.9. The summed E-state index contributed by atoms with van der Waals surface area (Å²) >= 11 is 0. The van der Waals surface area contributed by atoms with Crippen LogP contribution in [-0.4, -0.2) is 60.2 Å². The minimum atomic E-state index is -4.54. The number of anilines is 1. The van der Waals surface area contributed by atoms with Crippen molar-refractivity contribution in [2.45, 2.75) is 26.6 Å². The quantitative estimate of drug-likeness (QED) is 0.493. The smallest absolute Gasteiger partial charge is 0.322 e. The summed E-state index contributed by atoms with van der Waals surface area (Å²) in [5.74, 6) is 5.64. The third-order valence-corrected chi connectivity index (χ3v) is 6.82. The number of carbonyl (C=O) groups excluding carboxylic acids is 1. The normalized spacial score (nSPS) is 16.6. The van der Waals surface area contributed by atoms with E-state index in [1.54, 1.807) is 35.5 Å². The molecule has 1 saturated heterocycles. The summed E-state index contributed by atoms with van der Waals surface area (Å²) in [6.07, 6.45) is 2.51. The van der Waals surface area contributed by atoms with Crippen LogP contribution in [0, 0.1) is 18.8 Å². The molecule has 0 bridgehead atoms. The van der Waals surface area contributed by atoms with E-state index in [0.29, 0.717) is 30.0 Å². The summed E-state index contributed by atoms with van der Waals surface area (Å²) in [6.45, 7) is 10.9. The van der Waals surface area contributed by atoms with Gasteiger partial charge in [0.1, 0.15) is 5.70 Å². The highest BCUT2D eigenvalue weighted by molar-refractivity contribution is 6.04. The highest BCUT2D eigenvalue weighted by atomic mass is 19.4. The van der Waals surface area contributed by atoms with Crippen molar-refractivity contribution in [2.75, 3.05) is 38.5 Å². The molecule has 0 radical (unpaired) electrons. The van der Waals surface area contributed by atoms with Gasteiger partial charge in [0.15, 0.2) is 0 Å². The number of hydrogen-bond donors (Lipinski definition) is 1. The molecule has 40 heavy (non-hydrogen) atoms. The first-order valence-electron chi connectivity index (χ1n) is 13.0. The molecule has 2 heterocycles. The molecule has 2 aliphatic heterocycles. The number of rotatable bonds is 5. The van der Waals surface area contributed by atoms with Gasteiger partial charge in [-0.05, 0) is 74.4 Å². The van der Waals surface area contributed by atoms with Crippen LogP contribution in [0.3, 0.4) is 0 Å². The van der Waals surface area contributed by atoms with E-state index in [1.165, 1.54) is 12.1 Å². The maximum atomic E-state index is 14.0. The Kier molecular flexibility index (Phi) is 8.93. The van der Waals surface area contributed by atoms with E-state index < -0.39 is 17.6 Å². The van der Waals surface area contributed by atoms with Crippen molar-refractivity contribution >= 4 is 17.8 Å². The van der Waals surface area contributed by atoms with Gasteiger partial charge >= 0.3 is 6.18 Å². The first-order valence-corrected chi connectivity index (χ1v) is 13.0. The minimum absolute atomic E-state index is 0.0818. The Morgan fingerprint density at radius 1 is 1.15 bits per heavy atom. The number of aryl methyl sites for hydroxylation is 1. The van der Waals surface area contributed by atoms with Gasteiger partial charge in [-0.15, -0.1) is 0 Å². The Bertz CT molecular complexity index is 1440. The molecule has 208 valence electrons. The predicted molar refractivity (Wildman–Crippen MR) is 153 cm³/mol. The highest BCUT2D eigenvalue weighted by Gasteiger charge is 2.34. The summed E-state index contributed by atoms with van der Waals surface area (Å²) in [5, 5.41) is 8.52. The highest BCUT2D eigenvalue weighted by Crippen LogP contribution is 2.34. The third kappa shape index (κ3) is 7.08. The lowest BCUT2D eigenvalue weighted by molar-refractivity contribution is -0.138. The van der Waals surface area contributed by atoms with E-state index >= 15 is 0 Å². The molecule has 1 fully saturated rings. The van der Waals surface area contributed by atoms with Crippen LogP contribution in [0.15, 0.2) is 77.7 Å². The molecule has 2 aromatic carbocycles. The van der Waals surface area contributed by atoms with E-state index in [4.69, 9.17) is 0 Å². The molecule has 9 heteroatoms. The molecular formula is C31H32F3N5O. The number of alkyl halides is 3. The van der Waals surface area contributed by atoms with E-state index in [0.717, 1.165) is 24.7 Å². The molecule has 0 aromatic heterocycles. The van der Waals surface area contributed by atoms with Crippen molar-refractivity contribution in [3.63, 3.8) is 0 Å².